The first-order valence-electron chi connectivity index (χ1n) is 9.57. The summed E-state index contributed by atoms with van der Waals surface area (Å²) in [6.07, 6.45) is 4.66. The first-order valence-corrected chi connectivity index (χ1v) is 9.57. The van der Waals surface area contributed by atoms with Gasteiger partial charge in [-0.15, -0.1) is 0 Å². The molecule has 3 heteroatoms. The predicted molar refractivity (Wildman–Crippen MR) is 105 cm³/mol. The van der Waals surface area contributed by atoms with Crippen molar-refractivity contribution in [1.82, 2.24) is 5.32 Å². The van der Waals surface area contributed by atoms with Crippen LogP contribution in [0.15, 0.2) is 0 Å². The Morgan fingerprint density at radius 2 is 1.33 bits per heavy atom. The van der Waals surface area contributed by atoms with E-state index in [0.29, 0.717) is 18.8 Å². The molecular weight excluding hydrogens is 298 g/mol. The van der Waals surface area contributed by atoms with Gasteiger partial charge in [-0.3, -0.25) is 4.79 Å². The van der Waals surface area contributed by atoms with Gasteiger partial charge in [0.2, 0.25) is 0 Å². The number of nitrogens with one attached hydrogen (secondary N) is 1. The Balaban J connectivity index is 4.34. The van der Waals surface area contributed by atoms with Crippen molar-refractivity contribution in [1.29, 1.82) is 0 Å². The lowest BCUT2D eigenvalue weighted by Crippen LogP contribution is -2.52. The van der Waals surface area contributed by atoms with Crippen LogP contribution in [0.5, 0.6) is 0 Å². The van der Waals surface area contributed by atoms with E-state index in [1.165, 1.54) is 6.42 Å². The fourth-order valence-corrected chi connectivity index (χ4v) is 3.11. The number of rotatable bonds is 11. The van der Waals surface area contributed by atoms with E-state index >= 15 is 0 Å². The number of carbonyl (C=O) groups is 1. The highest BCUT2D eigenvalue weighted by Gasteiger charge is 2.29. The van der Waals surface area contributed by atoms with Crippen molar-refractivity contribution in [3.05, 3.63) is 0 Å². The summed E-state index contributed by atoms with van der Waals surface area (Å²) in [7, 11) is 0. The van der Waals surface area contributed by atoms with Crippen LogP contribution in [0.4, 0.5) is 0 Å². The molecule has 0 unspecified atom stereocenters. The molecule has 0 aromatic rings. The molecule has 0 aliphatic heterocycles. The second kappa shape index (κ2) is 8.80. The number of hydrogen-bond acceptors (Lipinski definition) is 3. The molecule has 1 N–H and O–H groups in total. The standard InChI is InChI=1S/C21H43NO2/c1-11-13-19(5,6)22-20(7,8)15-16-24-21(9,10)14-12-17(23)18(2,3)4/h22H,11-16H2,1-10H3. The third-order valence-electron chi connectivity index (χ3n) is 4.56. The zero-order valence-corrected chi connectivity index (χ0v) is 18.1. The highest BCUT2D eigenvalue weighted by molar-refractivity contribution is 5.83. The summed E-state index contributed by atoms with van der Waals surface area (Å²) in [6.45, 7) is 22.1. The molecule has 0 aromatic carbocycles. The normalized spacial score (nSPS) is 14.1. The van der Waals surface area contributed by atoms with Crippen molar-refractivity contribution in [3.8, 4) is 0 Å². The molecule has 0 saturated heterocycles. The van der Waals surface area contributed by atoms with Crippen molar-refractivity contribution in [2.45, 2.75) is 118 Å². The van der Waals surface area contributed by atoms with Gasteiger partial charge in [-0.2, -0.15) is 0 Å². The molecule has 24 heavy (non-hydrogen) atoms. The molecule has 0 bridgehead atoms. The Kier molecular flexibility index (Phi) is 8.65. The molecule has 0 radical (unpaired) electrons. The van der Waals surface area contributed by atoms with E-state index in [2.05, 4.69) is 53.8 Å². The van der Waals surface area contributed by atoms with E-state index in [-0.39, 0.29) is 22.1 Å². The average molecular weight is 342 g/mol. The minimum absolute atomic E-state index is 0.0377. The molecule has 0 saturated carbocycles. The number of carbonyl (C=O) groups excluding carboxylic acids is 1. The van der Waals surface area contributed by atoms with Gasteiger partial charge in [0.25, 0.3) is 0 Å². The first kappa shape index (κ1) is 23.6. The summed E-state index contributed by atoms with van der Waals surface area (Å²) in [6, 6.07) is 0. The zero-order chi connectivity index (χ0) is 19.2. The lowest BCUT2D eigenvalue weighted by atomic mass is 9.86. The van der Waals surface area contributed by atoms with Gasteiger partial charge in [-0.1, -0.05) is 34.1 Å². The van der Waals surface area contributed by atoms with Crippen molar-refractivity contribution in [2.75, 3.05) is 6.61 Å². The summed E-state index contributed by atoms with van der Waals surface area (Å²) < 4.78 is 6.11. The van der Waals surface area contributed by atoms with Gasteiger partial charge in [0.15, 0.2) is 0 Å². The van der Waals surface area contributed by atoms with Gasteiger partial charge >= 0.3 is 0 Å². The van der Waals surface area contributed by atoms with Crippen LogP contribution in [-0.2, 0) is 9.53 Å². The maximum Gasteiger partial charge on any atom is 0.138 e. The van der Waals surface area contributed by atoms with Crippen molar-refractivity contribution >= 4 is 5.78 Å². The largest absolute Gasteiger partial charge is 0.375 e. The smallest absolute Gasteiger partial charge is 0.138 e. The van der Waals surface area contributed by atoms with E-state index in [1.54, 1.807) is 0 Å². The van der Waals surface area contributed by atoms with Crippen LogP contribution in [0, 0.1) is 5.41 Å². The zero-order valence-electron chi connectivity index (χ0n) is 18.1. The van der Waals surface area contributed by atoms with Crippen LogP contribution in [0.3, 0.4) is 0 Å². The molecular formula is C21H43NO2. The van der Waals surface area contributed by atoms with E-state index < -0.39 is 0 Å². The number of Topliss-reactive ketones (excluding diaryl/α,β-unsaturated/α-hetero) is 1. The monoisotopic (exact) mass is 341 g/mol. The Morgan fingerprint density at radius 1 is 0.833 bits per heavy atom. The molecule has 0 spiro atoms. The lowest BCUT2D eigenvalue weighted by molar-refractivity contribution is -0.128. The summed E-state index contributed by atoms with van der Waals surface area (Å²) >= 11 is 0. The maximum absolute atomic E-state index is 12.1. The van der Waals surface area contributed by atoms with E-state index in [4.69, 9.17) is 4.74 Å². The Hall–Kier alpha value is -0.410. The van der Waals surface area contributed by atoms with E-state index in [9.17, 15) is 4.79 Å². The Morgan fingerprint density at radius 3 is 1.79 bits per heavy atom. The highest BCUT2D eigenvalue weighted by atomic mass is 16.5. The summed E-state index contributed by atoms with van der Waals surface area (Å²) in [5.41, 5.74) is -0.328. The van der Waals surface area contributed by atoms with Crippen LogP contribution < -0.4 is 5.32 Å². The third-order valence-corrected chi connectivity index (χ3v) is 4.56. The van der Waals surface area contributed by atoms with Gasteiger partial charge < -0.3 is 10.1 Å². The van der Waals surface area contributed by atoms with Crippen LogP contribution >= 0.6 is 0 Å². The molecule has 0 rings (SSSR count). The number of ether oxygens (including phenoxy) is 1. The topological polar surface area (TPSA) is 38.3 Å². The lowest BCUT2D eigenvalue weighted by Gasteiger charge is -2.38. The third kappa shape index (κ3) is 10.5. The summed E-state index contributed by atoms with van der Waals surface area (Å²) in [5.74, 6) is 0.308. The maximum atomic E-state index is 12.1. The van der Waals surface area contributed by atoms with Crippen molar-refractivity contribution in [3.63, 3.8) is 0 Å². The molecule has 0 fully saturated rings. The van der Waals surface area contributed by atoms with Gasteiger partial charge in [0.05, 0.1) is 5.60 Å². The molecule has 0 aliphatic carbocycles. The molecule has 0 aliphatic rings. The van der Waals surface area contributed by atoms with E-state index in [1.807, 2.05) is 20.8 Å². The quantitative estimate of drug-likeness (QED) is 0.538. The van der Waals surface area contributed by atoms with Gasteiger partial charge in [0, 0.05) is 29.5 Å². The minimum Gasteiger partial charge on any atom is -0.375 e. The molecule has 3 nitrogen and oxygen atoms in total. The molecule has 0 amide bonds. The second-order valence-electron chi connectivity index (χ2n) is 10.2. The van der Waals surface area contributed by atoms with Crippen LogP contribution in [0.25, 0.3) is 0 Å². The molecule has 144 valence electrons. The van der Waals surface area contributed by atoms with Gasteiger partial charge in [0.1, 0.15) is 5.78 Å². The summed E-state index contributed by atoms with van der Waals surface area (Å²) in [5, 5.41) is 3.76. The van der Waals surface area contributed by atoms with Gasteiger partial charge in [-0.05, 0) is 60.8 Å². The highest BCUT2D eigenvalue weighted by Crippen LogP contribution is 2.25. The number of hydrogen-bond donors (Lipinski definition) is 1. The fraction of sp³-hybridized carbons (Fsp3) is 0.952. The van der Waals surface area contributed by atoms with E-state index in [0.717, 1.165) is 19.3 Å². The molecule has 0 atom stereocenters. The van der Waals surface area contributed by atoms with Crippen LogP contribution in [0.2, 0.25) is 0 Å². The minimum atomic E-state index is -0.257. The Labute approximate surface area is 151 Å². The SMILES string of the molecule is CCCC(C)(C)NC(C)(C)CCOC(C)(C)CCC(=O)C(C)(C)C. The second-order valence-corrected chi connectivity index (χ2v) is 10.2. The fourth-order valence-electron chi connectivity index (χ4n) is 3.11. The van der Waals surface area contributed by atoms with Crippen LogP contribution in [0.1, 0.15) is 101 Å². The van der Waals surface area contributed by atoms with Gasteiger partial charge in [-0.25, -0.2) is 0 Å². The first-order chi connectivity index (χ1) is 10.6. The van der Waals surface area contributed by atoms with Crippen molar-refractivity contribution in [2.24, 2.45) is 5.41 Å². The summed E-state index contributed by atoms with van der Waals surface area (Å²) in [4.78, 5) is 12.1. The molecule has 0 heterocycles. The molecule has 0 aromatic heterocycles. The Bertz CT molecular complexity index is 389. The number of ketones is 1. The van der Waals surface area contributed by atoms with Crippen LogP contribution in [-0.4, -0.2) is 29.1 Å². The predicted octanol–water partition coefficient (Wildman–Crippen LogP) is 5.51. The average Bonchev–Trinajstić information content (AvgIpc) is 2.32. The van der Waals surface area contributed by atoms with Crippen molar-refractivity contribution < 1.29 is 9.53 Å².